The summed E-state index contributed by atoms with van der Waals surface area (Å²) in [6.07, 6.45) is 2.00. The average Bonchev–Trinajstić information content (AvgIpc) is 3.09. The Morgan fingerprint density at radius 2 is 1.83 bits per heavy atom. The summed E-state index contributed by atoms with van der Waals surface area (Å²) in [5.41, 5.74) is 1.07. The van der Waals surface area contributed by atoms with E-state index in [-0.39, 0.29) is 0 Å². The largest absolute Gasteiger partial charge is 0.496 e. The van der Waals surface area contributed by atoms with E-state index >= 15 is 0 Å². The van der Waals surface area contributed by atoms with Gasteiger partial charge in [-0.3, -0.25) is 9.80 Å². The van der Waals surface area contributed by atoms with E-state index in [0.29, 0.717) is 0 Å². The first-order valence-corrected chi connectivity index (χ1v) is 9.13. The van der Waals surface area contributed by atoms with Crippen LogP contribution < -0.4 is 4.74 Å². The molecule has 2 aromatic rings. The molecule has 0 unspecified atom stereocenters. The maximum atomic E-state index is 5.44. The van der Waals surface area contributed by atoms with E-state index in [1.54, 1.807) is 25.6 Å². The first-order chi connectivity index (χ1) is 11.8. The molecule has 1 saturated heterocycles. The number of nitrogens with zero attached hydrogens (tertiary/aromatic N) is 3. The molecule has 24 heavy (non-hydrogen) atoms. The first kappa shape index (κ1) is 17.4. The molecule has 0 atom stereocenters. The van der Waals surface area contributed by atoms with Gasteiger partial charge in [-0.05, 0) is 12.1 Å². The van der Waals surface area contributed by atoms with Gasteiger partial charge in [0.1, 0.15) is 10.8 Å². The molecule has 0 saturated carbocycles. The molecule has 1 aromatic carbocycles. The van der Waals surface area contributed by atoms with Gasteiger partial charge >= 0.3 is 0 Å². The summed E-state index contributed by atoms with van der Waals surface area (Å²) in [7, 11) is 3.47. The van der Waals surface area contributed by atoms with Crippen molar-refractivity contribution in [3.8, 4) is 16.3 Å². The third-order valence-corrected chi connectivity index (χ3v) is 5.36. The molecule has 0 radical (unpaired) electrons. The molecular formula is C18H25N3O2S. The van der Waals surface area contributed by atoms with Crippen molar-refractivity contribution in [3.63, 3.8) is 0 Å². The number of para-hydroxylation sites is 1. The van der Waals surface area contributed by atoms with Crippen LogP contribution in [0.15, 0.2) is 30.5 Å². The van der Waals surface area contributed by atoms with Crippen LogP contribution in [0.25, 0.3) is 10.6 Å². The summed E-state index contributed by atoms with van der Waals surface area (Å²) < 4.78 is 10.6. The second-order valence-corrected chi connectivity index (χ2v) is 7.06. The Morgan fingerprint density at radius 1 is 1.08 bits per heavy atom. The van der Waals surface area contributed by atoms with Gasteiger partial charge < -0.3 is 9.47 Å². The number of hydrogen-bond donors (Lipinski definition) is 0. The molecular weight excluding hydrogens is 322 g/mol. The van der Waals surface area contributed by atoms with Crippen LogP contribution in [-0.4, -0.2) is 68.3 Å². The van der Waals surface area contributed by atoms with Crippen molar-refractivity contribution in [2.75, 3.05) is 53.6 Å². The number of methoxy groups -OCH3 is 2. The van der Waals surface area contributed by atoms with Gasteiger partial charge in [-0.1, -0.05) is 12.1 Å². The summed E-state index contributed by atoms with van der Waals surface area (Å²) in [4.78, 5) is 10.9. The van der Waals surface area contributed by atoms with E-state index in [4.69, 9.17) is 9.47 Å². The van der Waals surface area contributed by atoms with E-state index in [0.717, 1.165) is 62.2 Å². The molecule has 0 bridgehead atoms. The smallest absolute Gasteiger partial charge is 0.129 e. The zero-order valence-electron chi connectivity index (χ0n) is 14.4. The van der Waals surface area contributed by atoms with E-state index < -0.39 is 0 Å². The van der Waals surface area contributed by atoms with Crippen LogP contribution >= 0.6 is 11.3 Å². The van der Waals surface area contributed by atoms with Crippen molar-refractivity contribution in [2.24, 2.45) is 0 Å². The van der Waals surface area contributed by atoms with Crippen LogP contribution in [0.1, 0.15) is 4.88 Å². The summed E-state index contributed by atoms with van der Waals surface area (Å²) in [6.45, 7) is 7.26. The van der Waals surface area contributed by atoms with Crippen molar-refractivity contribution in [3.05, 3.63) is 35.3 Å². The minimum Gasteiger partial charge on any atom is -0.496 e. The normalized spacial score (nSPS) is 16.4. The van der Waals surface area contributed by atoms with Crippen molar-refractivity contribution < 1.29 is 9.47 Å². The lowest BCUT2D eigenvalue weighted by molar-refractivity contribution is 0.0942. The molecule has 0 aliphatic carbocycles. The molecule has 1 aliphatic rings. The zero-order valence-corrected chi connectivity index (χ0v) is 15.2. The van der Waals surface area contributed by atoms with Crippen molar-refractivity contribution in [1.29, 1.82) is 0 Å². The molecule has 130 valence electrons. The van der Waals surface area contributed by atoms with Crippen LogP contribution in [0, 0.1) is 0 Å². The third kappa shape index (κ3) is 4.33. The van der Waals surface area contributed by atoms with Crippen molar-refractivity contribution >= 4 is 11.3 Å². The van der Waals surface area contributed by atoms with Crippen molar-refractivity contribution in [1.82, 2.24) is 14.8 Å². The molecule has 0 amide bonds. The first-order valence-electron chi connectivity index (χ1n) is 8.32. The lowest BCUT2D eigenvalue weighted by Crippen LogP contribution is -2.46. The van der Waals surface area contributed by atoms with Crippen LogP contribution in [0.5, 0.6) is 5.75 Å². The Labute approximate surface area is 147 Å². The van der Waals surface area contributed by atoms with Gasteiger partial charge in [-0.25, -0.2) is 4.98 Å². The average molecular weight is 347 g/mol. The summed E-state index contributed by atoms with van der Waals surface area (Å²) in [5, 5.41) is 1.03. The molecule has 0 spiro atoms. The van der Waals surface area contributed by atoms with Crippen LogP contribution in [0.4, 0.5) is 0 Å². The summed E-state index contributed by atoms with van der Waals surface area (Å²) in [6, 6.07) is 8.06. The number of rotatable bonds is 7. The highest BCUT2D eigenvalue weighted by atomic mass is 32.1. The Bertz CT molecular complexity index is 639. The van der Waals surface area contributed by atoms with E-state index in [1.165, 1.54) is 4.88 Å². The fourth-order valence-corrected chi connectivity index (χ4v) is 3.92. The van der Waals surface area contributed by atoms with Gasteiger partial charge in [0.25, 0.3) is 0 Å². The zero-order chi connectivity index (χ0) is 16.8. The molecule has 2 heterocycles. The van der Waals surface area contributed by atoms with E-state index in [9.17, 15) is 0 Å². The Balaban J connectivity index is 1.57. The number of aromatic nitrogens is 1. The maximum Gasteiger partial charge on any atom is 0.129 e. The second-order valence-electron chi connectivity index (χ2n) is 5.94. The number of benzene rings is 1. The van der Waals surface area contributed by atoms with Crippen LogP contribution in [0.2, 0.25) is 0 Å². The summed E-state index contributed by atoms with van der Waals surface area (Å²) in [5.74, 6) is 0.880. The standard InChI is InChI=1S/C18H25N3O2S/c1-22-12-11-20-7-9-21(10-8-20)14-15-13-19-18(24-15)16-5-3-4-6-17(16)23-2/h3-6,13H,7-12,14H2,1-2H3. The monoisotopic (exact) mass is 347 g/mol. The molecule has 6 heteroatoms. The topological polar surface area (TPSA) is 37.8 Å². The fraction of sp³-hybridized carbons (Fsp3) is 0.500. The minimum atomic E-state index is 0.817. The molecule has 5 nitrogen and oxygen atoms in total. The van der Waals surface area contributed by atoms with E-state index in [2.05, 4.69) is 20.9 Å². The van der Waals surface area contributed by atoms with Gasteiger partial charge in [0, 0.05) is 57.5 Å². The molecule has 1 fully saturated rings. The highest BCUT2D eigenvalue weighted by molar-refractivity contribution is 7.15. The molecule has 0 N–H and O–H groups in total. The summed E-state index contributed by atoms with van der Waals surface area (Å²) >= 11 is 1.76. The van der Waals surface area contributed by atoms with Gasteiger partial charge in [0.05, 0.1) is 19.3 Å². The number of thiazole rings is 1. The quantitative estimate of drug-likeness (QED) is 0.770. The molecule has 1 aromatic heterocycles. The van der Waals surface area contributed by atoms with Gasteiger partial charge in [0.15, 0.2) is 0 Å². The van der Waals surface area contributed by atoms with Gasteiger partial charge in [-0.2, -0.15) is 0 Å². The van der Waals surface area contributed by atoms with E-state index in [1.807, 2.05) is 24.4 Å². The lowest BCUT2D eigenvalue weighted by atomic mass is 10.2. The molecule has 3 rings (SSSR count). The maximum absolute atomic E-state index is 5.44. The fourth-order valence-electron chi connectivity index (χ4n) is 2.94. The Kier molecular flexibility index (Phi) is 6.20. The second kappa shape index (κ2) is 8.58. The Hall–Kier alpha value is -1.47. The van der Waals surface area contributed by atoms with Gasteiger partial charge in [0.2, 0.25) is 0 Å². The minimum absolute atomic E-state index is 0.817. The highest BCUT2D eigenvalue weighted by Gasteiger charge is 2.18. The number of ether oxygens (including phenoxy) is 2. The van der Waals surface area contributed by atoms with Crippen molar-refractivity contribution in [2.45, 2.75) is 6.54 Å². The number of piperazine rings is 1. The van der Waals surface area contributed by atoms with Crippen LogP contribution in [0.3, 0.4) is 0 Å². The predicted octanol–water partition coefficient (Wildman–Crippen LogP) is 2.58. The third-order valence-electron chi connectivity index (χ3n) is 4.35. The molecule has 1 aliphatic heterocycles. The predicted molar refractivity (Wildman–Crippen MR) is 97.7 cm³/mol. The lowest BCUT2D eigenvalue weighted by Gasteiger charge is -2.34. The number of hydrogen-bond acceptors (Lipinski definition) is 6. The Morgan fingerprint density at radius 3 is 2.58 bits per heavy atom. The highest BCUT2D eigenvalue weighted by Crippen LogP contribution is 2.33. The SMILES string of the molecule is COCCN1CCN(Cc2cnc(-c3ccccc3OC)s2)CC1. The van der Waals surface area contributed by atoms with Crippen LogP contribution in [-0.2, 0) is 11.3 Å². The van der Waals surface area contributed by atoms with Gasteiger partial charge in [-0.15, -0.1) is 11.3 Å².